The zero-order valence-corrected chi connectivity index (χ0v) is 10.9. The lowest BCUT2D eigenvalue weighted by molar-refractivity contribution is 0.212. The zero-order valence-electron chi connectivity index (χ0n) is 10.1. The van der Waals surface area contributed by atoms with Crippen LogP contribution in [-0.4, -0.2) is 35.7 Å². The van der Waals surface area contributed by atoms with E-state index in [2.05, 4.69) is 17.0 Å². The smallest absolute Gasteiger partial charge is 0.0443 e. The molecule has 0 saturated carbocycles. The second-order valence-corrected chi connectivity index (χ2v) is 5.18. The van der Waals surface area contributed by atoms with Crippen LogP contribution < -0.4 is 0 Å². The Kier molecular flexibility index (Phi) is 4.84. The van der Waals surface area contributed by atoms with Crippen LogP contribution in [0.3, 0.4) is 0 Å². The van der Waals surface area contributed by atoms with Crippen molar-refractivity contribution in [2.24, 2.45) is 0 Å². The SMILES string of the molecule is OCCCN1CCCC1Cc1ccc(Cl)cc1. The van der Waals surface area contributed by atoms with Crippen LogP contribution in [0.4, 0.5) is 0 Å². The predicted octanol–water partition coefficient (Wildman–Crippen LogP) is 2.73. The van der Waals surface area contributed by atoms with Crippen molar-refractivity contribution in [3.8, 4) is 0 Å². The molecule has 0 radical (unpaired) electrons. The van der Waals surface area contributed by atoms with Crippen molar-refractivity contribution in [2.75, 3.05) is 19.7 Å². The lowest BCUT2D eigenvalue weighted by atomic mass is 10.0. The second kappa shape index (κ2) is 6.39. The molecule has 1 N–H and O–H groups in total. The molecule has 1 saturated heterocycles. The summed E-state index contributed by atoms with van der Waals surface area (Å²) in [5.41, 5.74) is 1.36. The first-order chi connectivity index (χ1) is 8.29. The third kappa shape index (κ3) is 3.70. The van der Waals surface area contributed by atoms with E-state index in [1.54, 1.807) is 0 Å². The maximum absolute atomic E-state index is 8.89. The second-order valence-electron chi connectivity index (χ2n) is 4.74. The van der Waals surface area contributed by atoms with Gasteiger partial charge in [-0.1, -0.05) is 23.7 Å². The Morgan fingerprint density at radius 1 is 1.29 bits per heavy atom. The van der Waals surface area contributed by atoms with E-state index in [0.29, 0.717) is 12.6 Å². The summed E-state index contributed by atoms with van der Waals surface area (Å²) in [6.07, 6.45) is 4.54. The van der Waals surface area contributed by atoms with Crippen LogP contribution in [-0.2, 0) is 6.42 Å². The number of nitrogens with zero attached hydrogens (tertiary/aromatic N) is 1. The van der Waals surface area contributed by atoms with Crippen molar-refractivity contribution in [3.63, 3.8) is 0 Å². The van der Waals surface area contributed by atoms with Gasteiger partial charge in [-0.3, -0.25) is 4.90 Å². The fourth-order valence-electron chi connectivity index (χ4n) is 2.59. The first-order valence-corrected chi connectivity index (χ1v) is 6.77. The first-order valence-electron chi connectivity index (χ1n) is 6.39. The number of aliphatic hydroxyl groups is 1. The van der Waals surface area contributed by atoms with Gasteiger partial charge >= 0.3 is 0 Å². The van der Waals surface area contributed by atoms with Crippen LogP contribution in [0.5, 0.6) is 0 Å². The van der Waals surface area contributed by atoms with Gasteiger partial charge in [0.05, 0.1) is 0 Å². The Morgan fingerprint density at radius 3 is 2.76 bits per heavy atom. The van der Waals surface area contributed by atoms with Crippen molar-refractivity contribution in [1.29, 1.82) is 0 Å². The maximum Gasteiger partial charge on any atom is 0.0443 e. The zero-order chi connectivity index (χ0) is 12.1. The molecule has 1 atom stereocenters. The summed E-state index contributed by atoms with van der Waals surface area (Å²) in [5.74, 6) is 0. The number of halogens is 1. The molecule has 3 heteroatoms. The van der Waals surface area contributed by atoms with Gasteiger partial charge in [0.2, 0.25) is 0 Å². The molecule has 1 heterocycles. The van der Waals surface area contributed by atoms with Gasteiger partial charge in [0.25, 0.3) is 0 Å². The highest BCUT2D eigenvalue weighted by Crippen LogP contribution is 2.22. The van der Waals surface area contributed by atoms with Gasteiger partial charge in [-0.2, -0.15) is 0 Å². The molecular formula is C14H20ClNO. The van der Waals surface area contributed by atoms with E-state index in [1.165, 1.54) is 24.9 Å². The highest BCUT2D eigenvalue weighted by Gasteiger charge is 2.23. The number of aliphatic hydroxyl groups excluding tert-OH is 1. The molecule has 0 bridgehead atoms. The number of likely N-dealkylation sites (tertiary alicyclic amines) is 1. The van der Waals surface area contributed by atoms with E-state index < -0.39 is 0 Å². The molecule has 1 aromatic carbocycles. The van der Waals surface area contributed by atoms with E-state index in [-0.39, 0.29) is 0 Å². The molecule has 1 unspecified atom stereocenters. The molecule has 0 spiro atoms. The fourth-order valence-corrected chi connectivity index (χ4v) is 2.71. The number of hydrogen-bond donors (Lipinski definition) is 1. The number of hydrogen-bond acceptors (Lipinski definition) is 2. The maximum atomic E-state index is 8.89. The van der Waals surface area contributed by atoms with Gasteiger partial charge < -0.3 is 5.11 Å². The average molecular weight is 254 g/mol. The third-order valence-corrected chi connectivity index (χ3v) is 3.74. The molecule has 17 heavy (non-hydrogen) atoms. The largest absolute Gasteiger partial charge is 0.396 e. The normalized spacial score (nSPS) is 20.9. The van der Waals surface area contributed by atoms with Crippen LogP contribution in [0.1, 0.15) is 24.8 Å². The molecule has 1 aromatic rings. The van der Waals surface area contributed by atoms with Crippen molar-refractivity contribution in [2.45, 2.75) is 31.7 Å². The minimum Gasteiger partial charge on any atom is -0.396 e. The summed E-state index contributed by atoms with van der Waals surface area (Å²) >= 11 is 5.89. The summed E-state index contributed by atoms with van der Waals surface area (Å²) in [5, 5.41) is 9.69. The lowest BCUT2D eigenvalue weighted by Gasteiger charge is -2.24. The highest BCUT2D eigenvalue weighted by atomic mass is 35.5. The van der Waals surface area contributed by atoms with Gasteiger partial charge in [0.15, 0.2) is 0 Å². The van der Waals surface area contributed by atoms with Crippen molar-refractivity contribution < 1.29 is 5.11 Å². The molecule has 1 fully saturated rings. The van der Waals surface area contributed by atoms with Crippen molar-refractivity contribution in [1.82, 2.24) is 4.90 Å². The van der Waals surface area contributed by atoms with Crippen LogP contribution in [0.15, 0.2) is 24.3 Å². The Labute approximate surface area is 108 Å². The molecular weight excluding hydrogens is 234 g/mol. The van der Waals surface area contributed by atoms with E-state index in [0.717, 1.165) is 24.4 Å². The van der Waals surface area contributed by atoms with Gasteiger partial charge in [0.1, 0.15) is 0 Å². The van der Waals surface area contributed by atoms with Gasteiger partial charge in [-0.05, 0) is 49.9 Å². The molecule has 2 nitrogen and oxygen atoms in total. The summed E-state index contributed by atoms with van der Waals surface area (Å²) < 4.78 is 0. The Morgan fingerprint density at radius 2 is 2.06 bits per heavy atom. The van der Waals surface area contributed by atoms with Gasteiger partial charge in [0, 0.05) is 24.2 Å². The molecule has 0 aromatic heterocycles. The quantitative estimate of drug-likeness (QED) is 0.872. The molecule has 94 valence electrons. The average Bonchev–Trinajstić information content (AvgIpc) is 2.77. The van der Waals surface area contributed by atoms with Crippen molar-refractivity contribution in [3.05, 3.63) is 34.9 Å². The van der Waals surface area contributed by atoms with E-state index in [1.807, 2.05) is 12.1 Å². The fraction of sp³-hybridized carbons (Fsp3) is 0.571. The Hall–Kier alpha value is -0.570. The molecule has 2 rings (SSSR count). The van der Waals surface area contributed by atoms with Crippen molar-refractivity contribution >= 4 is 11.6 Å². The summed E-state index contributed by atoms with van der Waals surface area (Å²) in [4.78, 5) is 2.50. The summed E-state index contributed by atoms with van der Waals surface area (Å²) in [7, 11) is 0. The Bertz CT molecular complexity index is 339. The summed E-state index contributed by atoms with van der Waals surface area (Å²) in [6.45, 7) is 2.50. The highest BCUT2D eigenvalue weighted by molar-refractivity contribution is 6.30. The first kappa shape index (κ1) is 12.9. The topological polar surface area (TPSA) is 23.5 Å². The van der Waals surface area contributed by atoms with E-state index in [9.17, 15) is 0 Å². The minimum absolute atomic E-state index is 0.296. The molecule has 0 aliphatic carbocycles. The van der Waals surface area contributed by atoms with Gasteiger partial charge in [-0.25, -0.2) is 0 Å². The number of benzene rings is 1. The molecule has 1 aliphatic rings. The standard InChI is InChI=1S/C14H20ClNO/c15-13-6-4-12(5-7-13)11-14-3-1-8-16(14)9-2-10-17/h4-7,14,17H,1-3,8-11H2. The predicted molar refractivity (Wildman–Crippen MR) is 71.5 cm³/mol. The van der Waals surface area contributed by atoms with Crippen LogP contribution in [0.2, 0.25) is 5.02 Å². The monoisotopic (exact) mass is 253 g/mol. The lowest BCUT2D eigenvalue weighted by Crippen LogP contribution is -2.32. The van der Waals surface area contributed by atoms with Crippen LogP contribution in [0, 0.1) is 0 Å². The van der Waals surface area contributed by atoms with E-state index >= 15 is 0 Å². The van der Waals surface area contributed by atoms with Crippen LogP contribution >= 0.6 is 11.6 Å². The number of rotatable bonds is 5. The molecule has 1 aliphatic heterocycles. The minimum atomic E-state index is 0.296. The summed E-state index contributed by atoms with van der Waals surface area (Å²) in [6, 6.07) is 8.80. The van der Waals surface area contributed by atoms with E-state index in [4.69, 9.17) is 16.7 Å². The molecule has 0 amide bonds. The van der Waals surface area contributed by atoms with Crippen LogP contribution in [0.25, 0.3) is 0 Å². The third-order valence-electron chi connectivity index (χ3n) is 3.49. The Balaban J connectivity index is 1.90. The van der Waals surface area contributed by atoms with Gasteiger partial charge in [-0.15, -0.1) is 0 Å².